The van der Waals surface area contributed by atoms with Gasteiger partial charge >= 0.3 is 5.51 Å². The Morgan fingerprint density at radius 1 is 1.43 bits per heavy atom. The fraction of sp³-hybridized carbons (Fsp3) is 1.00. The zero-order valence-electron chi connectivity index (χ0n) is 2.99. The molecule has 0 bridgehead atoms. The van der Waals surface area contributed by atoms with E-state index >= 15 is 0 Å². The number of nitrogens with one attached hydrogen (secondary N) is 1. The lowest BCUT2D eigenvalue weighted by molar-refractivity contribution is -0.286. The molecule has 42 valence electrons. The predicted octanol–water partition coefficient (Wildman–Crippen LogP) is 0.257. The maximum atomic E-state index is 10.8. The van der Waals surface area contributed by atoms with Crippen molar-refractivity contribution in [1.29, 1.82) is 0 Å². The average molecular weight is 130 g/mol. The molecule has 0 saturated carbocycles. The zero-order chi connectivity index (χ0) is 5.91. The molecule has 0 aromatic rings. The van der Waals surface area contributed by atoms with Crippen LogP contribution in [0, 0.1) is 0 Å². The highest BCUT2D eigenvalue weighted by Crippen LogP contribution is 2.22. The highest BCUT2D eigenvalue weighted by molar-refractivity contribution is 7.93. The van der Waals surface area contributed by atoms with E-state index < -0.39 is 17.5 Å². The van der Waals surface area contributed by atoms with Crippen LogP contribution in [0.4, 0.5) is 13.2 Å². The van der Waals surface area contributed by atoms with Gasteiger partial charge in [0.1, 0.15) is 0 Å². The Balaban J connectivity index is 3.34. The molecule has 1 N–H and O–H groups in total. The Kier molecular flexibility index (Phi) is 2.07. The van der Waals surface area contributed by atoms with Gasteiger partial charge in [-0.05, 0) is 0 Å². The van der Waals surface area contributed by atoms with Crippen LogP contribution in [0.5, 0.6) is 0 Å². The summed E-state index contributed by atoms with van der Waals surface area (Å²) in [5.74, 6) is 0. The Bertz CT molecular complexity index is 67.8. The number of rotatable bonds is 1. The first-order valence-electron chi connectivity index (χ1n) is 1.20. The molecule has 0 spiro atoms. The second-order valence-corrected chi connectivity index (χ2v) is 1.49. The zero-order valence-corrected chi connectivity index (χ0v) is 3.81. The number of halogens is 3. The van der Waals surface area contributed by atoms with Crippen molar-refractivity contribution in [1.82, 2.24) is 0 Å². The lowest BCUT2D eigenvalue weighted by Gasteiger charge is -1.91. The van der Waals surface area contributed by atoms with Gasteiger partial charge in [0, 0.05) is 0 Å². The highest BCUT2D eigenvalue weighted by atomic mass is 32.2. The largest absolute Gasteiger partial charge is 0.506 e. The molecule has 0 radical (unpaired) electrons. The monoisotopic (exact) mass is 130 g/mol. The molecule has 0 rings (SSSR count). The normalized spacial score (nSPS) is 11.3. The van der Waals surface area contributed by atoms with Gasteiger partial charge in [-0.15, -0.1) is 0 Å². The Hall–Kier alpha value is -0.260. The molecule has 2 nitrogen and oxygen atoms in total. The van der Waals surface area contributed by atoms with Crippen LogP contribution in [0.3, 0.4) is 0 Å². The fourth-order valence-corrected chi connectivity index (χ4v) is 0.155. The second kappa shape index (κ2) is 2.15. The van der Waals surface area contributed by atoms with Crippen LogP contribution in [0.15, 0.2) is 0 Å². The van der Waals surface area contributed by atoms with Crippen molar-refractivity contribution in [3.8, 4) is 0 Å². The first-order valence-corrected chi connectivity index (χ1v) is 2.02. The third-order valence-electron chi connectivity index (χ3n) is 0.161. The van der Waals surface area contributed by atoms with Gasteiger partial charge < -0.3 is 5.53 Å². The van der Waals surface area contributed by atoms with E-state index in [0.29, 0.717) is 0 Å². The van der Waals surface area contributed by atoms with E-state index in [1.165, 1.54) is 0 Å². The van der Waals surface area contributed by atoms with Crippen molar-refractivity contribution in [2.24, 2.45) is 0 Å². The molecule has 0 aromatic carbocycles. The third kappa shape index (κ3) is 5.74. The molecule has 0 aliphatic carbocycles. The van der Waals surface area contributed by atoms with Crippen molar-refractivity contribution in [2.75, 3.05) is 0 Å². The van der Waals surface area contributed by atoms with E-state index in [0.717, 1.165) is 4.52 Å². The van der Waals surface area contributed by atoms with Crippen molar-refractivity contribution in [3.05, 3.63) is 5.53 Å². The van der Waals surface area contributed by atoms with Gasteiger partial charge in [0.15, 0.2) is 0 Å². The fourth-order valence-electron chi connectivity index (χ4n) is 0.0518. The molecule has 0 aromatic heterocycles. The Morgan fingerprint density at radius 3 is 1.86 bits per heavy atom. The summed E-state index contributed by atoms with van der Waals surface area (Å²) in [6.45, 7) is 0. The van der Waals surface area contributed by atoms with Gasteiger partial charge in [0.25, 0.3) is 11.9 Å². The average Bonchev–Trinajstić information content (AvgIpc) is 1.30. The van der Waals surface area contributed by atoms with Crippen LogP contribution in [-0.4, -0.2) is 5.51 Å². The molecule has 0 saturated heterocycles. The summed E-state index contributed by atoms with van der Waals surface area (Å²) >= 11 is -0.706. The molecule has 6 heteroatoms. The van der Waals surface area contributed by atoms with E-state index in [1.807, 2.05) is 0 Å². The summed E-state index contributed by atoms with van der Waals surface area (Å²) in [6, 6.07) is 0. The minimum Gasteiger partial charge on any atom is -0.493 e. The van der Waals surface area contributed by atoms with Crippen molar-refractivity contribution < 1.29 is 17.7 Å². The van der Waals surface area contributed by atoms with Crippen LogP contribution in [0.1, 0.15) is 0 Å². The molecular formula is CHF3N2S. The second-order valence-electron chi connectivity index (χ2n) is 0.639. The number of hydrogen-bond acceptors (Lipinski definition) is 1. The quantitative estimate of drug-likeness (QED) is 0.401. The number of hydrogen-bond donors (Lipinski definition) is 1. The lowest BCUT2D eigenvalue weighted by Crippen LogP contribution is -2.54. The van der Waals surface area contributed by atoms with E-state index in [2.05, 4.69) is 0 Å². The molecule has 0 heterocycles. The minimum atomic E-state index is -4.39. The van der Waals surface area contributed by atoms with E-state index in [1.54, 1.807) is 0 Å². The van der Waals surface area contributed by atoms with Crippen LogP contribution < -0.4 is 4.52 Å². The Morgan fingerprint density at radius 2 is 1.86 bits per heavy atom. The molecule has 0 aliphatic rings. The molecule has 0 unspecified atom stereocenters. The van der Waals surface area contributed by atoms with Gasteiger partial charge in [0.2, 0.25) is 0 Å². The van der Waals surface area contributed by atoms with Crippen molar-refractivity contribution in [2.45, 2.75) is 5.51 Å². The summed E-state index contributed by atoms with van der Waals surface area (Å²) in [7, 11) is 0. The summed E-state index contributed by atoms with van der Waals surface area (Å²) in [4.78, 5) is 0. The van der Waals surface area contributed by atoms with E-state index in [9.17, 15) is 13.2 Å². The van der Waals surface area contributed by atoms with Gasteiger partial charge in [-0.2, -0.15) is 13.2 Å². The summed E-state index contributed by atoms with van der Waals surface area (Å²) < 4.78 is 33.3. The number of nitrogens with zero attached hydrogens (tertiary/aromatic N) is 1. The summed E-state index contributed by atoms with van der Waals surface area (Å²) in [5.41, 5.74) is 3.00. The molecule has 0 fully saturated rings. The van der Waals surface area contributed by atoms with Gasteiger partial charge in [-0.1, -0.05) is 0 Å². The number of alkyl halides is 3. The minimum absolute atomic E-state index is 0.706. The van der Waals surface area contributed by atoms with Gasteiger partial charge in [-0.25, -0.2) is 0 Å². The van der Waals surface area contributed by atoms with E-state index in [4.69, 9.17) is 5.53 Å². The van der Waals surface area contributed by atoms with Crippen molar-refractivity contribution in [3.63, 3.8) is 0 Å². The first-order chi connectivity index (χ1) is 3.06. The maximum absolute atomic E-state index is 10.8. The molecule has 7 heavy (non-hydrogen) atoms. The first kappa shape index (κ1) is 6.74. The van der Waals surface area contributed by atoms with Crippen LogP contribution in [0.2, 0.25) is 0 Å². The smallest absolute Gasteiger partial charge is 0.493 e. The van der Waals surface area contributed by atoms with E-state index in [-0.39, 0.29) is 0 Å². The van der Waals surface area contributed by atoms with Gasteiger partial charge in [-0.3, -0.25) is 4.52 Å². The predicted molar refractivity (Wildman–Crippen MR) is 18.0 cm³/mol. The molecular weight excluding hydrogens is 129 g/mol. The Labute approximate surface area is 41.7 Å². The molecule has 0 aliphatic heterocycles. The van der Waals surface area contributed by atoms with Crippen LogP contribution >= 0.6 is 11.9 Å². The molecule has 0 atom stereocenters. The van der Waals surface area contributed by atoms with Crippen LogP contribution in [0.25, 0.3) is 5.53 Å². The van der Waals surface area contributed by atoms with Gasteiger partial charge in [0.05, 0.1) is 0 Å². The van der Waals surface area contributed by atoms with Crippen molar-refractivity contribution >= 4 is 11.9 Å². The highest BCUT2D eigenvalue weighted by Gasteiger charge is 2.33. The van der Waals surface area contributed by atoms with Crippen LogP contribution in [-0.2, 0) is 0 Å². The standard InChI is InChI=1S/CHF3N2S/c2-1(3,4)7-6-5/h6H. The summed E-state index contributed by atoms with van der Waals surface area (Å²) in [6.07, 6.45) is 0. The maximum Gasteiger partial charge on any atom is 0.506 e. The summed E-state index contributed by atoms with van der Waals surface area (Å²) in [5, 5.41) is 0. The third-order valence-corrected chi connectivity index (χ3v) is 0.484. The SMILES string of the molecule is [N-]=[NH+]SC(F)(F)F. The topological polar surface area (TPSA) is 36.3 Å². The molecule has 0 amide bonds. The lowest BCUT2D eigenvalue weighted by atomic mass is 11.6.